The van der Waals surface area contributed by atoms with E-state index in [1.807, 2.05) is 13.8 Å². The summed E-state index contributed by atoms with van der Waals surface area (Å²) in [5.74, 6) is 0.577. The van der Waals surface area contributed by atoms with Crippen molar-refractivity contribution >= 4 is 17.9 Å². The van der Waals surface area contributed by atoms with Crippen LogP contribution in [0, 0.1) is 34.6 Å². The Labute approximate surface area is 263 Å². The fourth-order valence-corrected chi connectivity index (χ4v) is 10.5. The number of hydrogen-bond acceptors (Lipinski definition) is 3. The summed E-state index contributed by atoms with van der Waals surface area (Å²) in [5, 5.41) is 1.03. The molecule has 0 aliphatic heterocycles. The van der Waals surface area contributed by atoms with Crippen LogP contribution in [0.4, 0.5) is 0 Å². The average Bonchev–Trinajstić information content (AvgIpc) is 2.75. The van der Waals surface area contributed by atoms with E-state index in [1.54, 1.807) is 0 Å². The molecule has 4 heteroatoms. The predicted octanol–water partition coefficient (Wildman–Crippen LogP) is 9.73. The van der Waals surface area contributed by atoms with Crippen molar-refractivity contribution < 1.29 is 14.3 Å². The molecule has 0 aliphatic rings. The molecule has 0 aliphatic carbocycles. The van der Waals surface area contributed by atoms with E-state index in [2.05, 4.69) is 140 Å². The molecule has 0 aromatic heterocycles. The first kappa shape index (κ1) is 35.3. The van der Waals surface area contributed by atoms with Crippen molar-refractivity contribution in [3.63, 3.8) is 0 Å². The van der Waals surface area contributed by atoms with Crippen LogP contribution in [0.1, 0.15) is 133 Å². The third-order valence-corrected chi connectivity index (χ3v) is 11.8. The van der Waals surface area contributed by atoms with E-state index < -0.39 is 7.28 Å². The second kappa shape index (κ2) is 10.7. The van der Waals surface area contributed by atoms with Crippen molar-refractivity contribution in [2.24, 2.45) is 0 Å². The molecule has 3 aromatic carbocycles. The fourth-order valence-electron chi connectivity index (χ4n) is 6.50. The van der Waals surface area contributed by atoms with Crippen molar-refractivity contribution in [2.75, 3.05) is 0 Å². The molecule has 3 aromatic rings. The third-order valence-electron chi connectivity index (χ3n) is 8.43. The molecule has 2 N–H and O–H groups in total. The maximum absolute atomic E-state index is 13.8. The van der Waals surface area contributed by atoms with Gasteiger partial charge in [-0.2, -0.15) is 0 Å². The SMILES string of the molecule is Cc1cc(C(C)(C)C)c(OP(O)(O)(c2c(C)cc(C)cc2C(C)(C)C)c2c(C)cc(C)cc2C(C)(C)C)c(C(C)(C)C)c1. The van der Waals surface area contributed by atoms with E-state index in [0.29, 0.717) is 16.4 Å². The van der Waals surface area contributed by atoms with Gasteiger partial charge in [0.05, 0.1) is 0 Å². The summed E-state index contributed by atoms with van der Waals surface area (Å²) in [5.41, 5.74) is 7.32. The summed E-state index contributed by atoms with van der Waals surface area (Å²) in [6.45, 7) is 36.1. The van der Waals surface area contributed by atoms with Crippen molar-refractivity contribution in [3.05, 3.63) is 86.5 Å². The molecule has 0 bridgehead atoms. The van der Waals surface area contributed by atoms with E-state index in [9.17, 15) is 9.79 Å². The second-order valence-electron chi connectivity index (χ2n) is 17.2. The van der Waals surface area contributed by atoms with Gasteiger partial charge in [0.1, 0.15) is 0 Å². The first-order chi connectivity index (χ1) is 19.1. The van der Waals surface area contributed by atoms with Gasteiger partial charge < -0.3 is 0 Å². The van der Waals surface area contributed by atoms with Crippen LogP contribution in [0.5, 0.6) is 5.75 Å². The molecule has 238 valence electrons. The molecule has 0 atom stereocenters. The molecule has 0 amide bonds. The molecule has 0 saturated heterocycles. The van der Waals surface area contributed by atoms with Gasteiger partial charge in [0, 0.05) is 0 Å². The fraction of sp³-hybridized carbons (Fsp3) is 0.538. The van der Waals surface area contributed by atoms with Crippen molar-refractivity contribution in [1.29, 1.82) is 0 Å². The van der Waals surface area contributed by atoms with Crippen molar-refractivity contribution in [1.82, 2.24) is 0 Å². The molecular formula is C39H59O3P. The van der Waals surface area contributed by atoms with Gasteiger partial charge in [-0.15, -0.1) is 0 Å². The van der Waals surface area contributed by atoms with Crippen LogP contribution in [-0.4, -0.2) is 9.79 Å². The standard InChI is InChI=1S/C39H59O3P/c1-24-18-27(4)34(31(22-24)38(12,13)14)43(40,41,35-28(5)19-25(2)23-32(35)39(15,16)17)42-33-29(36(6,7)8)20-26(3)21-30(33)37(9,10)11/h18-23,40-41H,1-17H3. The summed E-state index contributed by atoms with van der Waals surface area (Å²) in [6, 6.07) is 12.7. The van der Waals surface area contributed by atoms with E-state index in [4.69, 9.17) is 4.52 Å². The number of aryl methyl sites for hydroxylation is 5. The maximum atomic E-state index is 13.8. The average molecular weight is 607 g/mol. The zero-order valence-electron chi connectivity index (χ0n) is 30.2. The van der Waals surface area contributed by atoms with Gasteiger partial charge in [0.15, 0.2) is 0 Å². The number of benzene rings is 3. The normalized spacial score (nSPS) is 14.4. The van der Waals surface area contributed by atoms with Gasteiger partial charge in [-0.05, 0) is 0 Å². The quantitative estimate of drug-likeness (QED) is 0.291. The Morgan fingerprint density at radius 3 is 0.977 bits per heavy atom. The zero-order chi connectivity index (χ0) is 33.3. The van der Waals surface area contributed by atoms with Crippen molar-refractivity contribution in [2.45, 2.75) is 139 Å². The Kier molecular flexibility index (Phi) is 8.79. The third kappa shape index (κ3) is 6.75. The summed E-state index contributed by atoms with van der Waals surface area (Å²) >= 11 is 0. The van der Waals surface area contributed by atoms with Crippen LogP contribution in [0.25, 0.3) is 0 Å². The van der Waals surface area contributed by atoms with Crippen LogP contribution >= 0.6 is 7.28 Å². The predicted molar refractivity (Wildman–Crippen MR) is 189 cm³/mol. The molecule has 0 spiro atoms. The van der Waals surface area contributed by atoms with Crippen LogP contribution in [0.2, 0.25) is 0 Å². The van der Waals surface area contributed by atoms with Crippen LogP contribution in [0.3, 0.4) is 0 Å². The Morgan fingerprint density at radius 2 is 0.698 bits per heavy atom. The Bertz CT molecular complexity index is 1440. The minimum absolute atomic E-state index is 0.309. The van der Waals surface area contributed by atoms with Crippen LogP contribution < -0.4 is 15.1 Å². The van der Waals surface area contributed by atoms with Gasteiger partial charge in [0.2, 0.25) is 0 Å². The molecule has 0 saturated carbocycles. The van der Waals surface area contributed by atoms with E-state index in [-0.39, 0.29) is 21.7 Å². The molecular weight excluding hydrogens is 547 g/mol. The zero-order valence-corrected chi connectivity index (χ0v) is 31.1. The molecule has 3 nitrogen and oxygen atoms in total. The van der Waals surface area contributed by atoms with Gasteiger partial charge in [-0.1, -0.05) is 0 Å². The number of rotatable bonds is 4. The summed E-state index contributed by atoms with van der Waals surface area (Å²) in [4.78, 5) is 27.6. The topological polar surface area (TPSA) is 49.7 Å². The molecule has 43 heavy (non-hydrogen) atoms. The molecule has 0 fully saturated rings. The van der Waals surface area contributed by atoms with Crippen LogP contribution in [-0.2, 0) is 21.7 Å². The monoisotopic (exact) mass is 606 g/mol. The van der Waals surface area contributed by atoms with Gasteiger partial charge >= 0.3 is 264 Å². The van der Waals surface area contributed by atoms with Gasteiger partial charge in [0.25, 0.3) is 0 Å². The Balaban J connectivity index is 2.77. The summed E-state index contributed by atoms with van der Waals surface area (Å²) in [6.07, 6.45) is 0. The van der Waals surface area contributed by atoms with Crippen LogP contribution in [0.15, 0.2) is 36.4 Å². The Morgan fingerprint density at radius 1 is 0.442 bits per heavy atom. The van der Waals surface area contributed by atoms with Gasteiger partial charge in [-0.3, -0.25) is 0 Å². The van der Waals surface area contributed by atoms with E-state index >= 15 is 0 Å². The summed E-state index contributed by atoms with van der Waals surface area (Å²) in [7, 11) is -5.46. The first-order valence-electron chi connectivity index (χ1n) is 15.7. The van der Waals surface area contributed by atoms with E-state index in [1.165, 1.54) is 0 Å². The first-order valence-corrected chi connectivity index (χ1v) is 17.8. The molecule has 0 radical (unpaired) electrons. The van der Waals surface area contributed by atoms with E-state index in [0.717, 1.165) is 50.1 Å². The summed E-state index contributed by atoms with van der Waals surface area (Å²) < 4.78 is 7.29. The minimum atomic E-state index is -5.46. The van der Waals surface area contributed by atoms with Gasteiger partial charge in [-0.25, -0.2) is 0 Å². The Hall–Kier alpha value is -2.19. The molecule has 0 unspecified atom stereocenters. The molecule has 0 heterocycles. The van der Waals surface area contributed by atoms with Crippen molar-refractivity contribution in [3.8, 4) is 5.75 Å². The number of hydrogen-bond donors (Lipinski definition) is 2. The second-order valence-corrected chi connectivity index (χ2v) is 20.2. The molecule has 3 rings (SSSR count).